The van der Waals surface area contributed by atoms with Crippen molar-refractivity contribution in [3.8, 4) is 0 Å². The highest BCUT2D eigenvalue weighted by Gasteiger charge is 2.06. The summed E-state index contributed by atoms with van der Waals surface area (Å²) in [5.41, 5.74) is 7.40. The zero-order valence-corrected chi connectivity index (χ0v) is 11.0. The number of methoxy groups -OCH3 is 1. The van der Waals surface area contributed by atoms with E-state index in [4.69, 9.17) is 10.5 Å². The second kappa shape index (κ2) is 5.99. The molecule has 1 aromatic carbocycles. The van der Waals surface area contributed by atoms with E-state index in [0.29, 0.717) is 19.6 Å². The Balaban J connectivity index is 1.92. The Morgan fingerprint density at radius 3 is 3.17 bits per heavy atom. The molecule has 1 unspecified atom stereocenters. The zero-order chi connectivity index (χ0) is 13.0. The Bertz CT molecular complexity index is 515. The third-order valence-corrected chi connectivity index (χ3v) is 3.50. The average Bonchev–Trinajstić information content (AvgIpc) is 2.71. The summed E-state index contributed by atoms with van der Waals surface area (Å²) in [5, 5.41) is 13.5. The number of nitrogen functional groups attached to an aromatic ring is 1. The molecule has 1 aromatic heterocycles. The van der Waals surface area contributed by atoms with Gasteiger partial charge in [-0.15, -0.1) is 0 Å². The van der Waals surface area contributed by atoms with Crippen LogP contribution in [-0.4, -0.2) is 36.5 Å². The molecular weight excluding hydrogens is 250 g/mol. The molecule has 0 spiro atoms. The number of rotatable bonds is 6. The van der Waals surface area contributed by atoms with Gasteiger partial charge >= 0.3 is 0 Å². The van der Waals surface area contributed by atoms with Gasteiger partial charge in [-0.05, 0) is 24.6 Å². The van der Waals surface area contributed by atoms with Crippen LogP contribution in [0, 0.1) is 0 Å². The fraction of sp³-hybridized carbons (Fsp3) is 0.417. The van der Waals surface area contributed by atoms with E-state index in [0.717, 1.165) is 21.0 Å². The van der Waals surface area contributed by atoms with Gasteiger partial charge in [-0.25, -0.2) is 4.98 Å². The molecule has 0 fully saturated rings. The molecule has 0 aliphatic carbocycles. The van der Waals surface area contributed by atoms with Crippen LogP contribution in [0.2, 0.25) is 0 Å². The van der Waals surface area contributed by atoms with Gasteiger partial charge in [0.2, 0.25) is 0 Å². The van der Waals surface area contributed by atoms with E-state index in [1.807, 2.05) is 18.2 Å². The fourth-order valence-corrected chi connectivity index (χ4v) is 2.58. The van der Waals surface area contributed by atoms with Crippen LogP contribution in [0.4, 0.5) is 10.8 Å². The Morgan fingerprint density at radius 1 is 1.56 bits per heavy atom. The normalized spacial score (nSPS) is 12.8. The topological polar surface area (TPSA) is 80.4 Å². The molecule has 0 radical (unpaired) electrons. The van der Waals surface area contributed by atoms with Crippen LogP contribution in [0.15, 0.2) is 18.2 Å². The number of benzene rings is 1. The lowest BCUT2D eigenvalue weighted by Gasteiger charge is -2.08. The minimum atomic E-state index is -0.437. The van der Waals surface area contributed by atoms with Gasteiger partial charge in [-0.1, -0.05) is 11.3 Å². The van der Waals surface area contributed by atoms with Crippen molar-refractivity contribution in [3.05, 3.63) is 18.2 Å². The number of nitrogens with one attached hydrogen (secondary N) is 1. The molecule has 18 heavy (non-hydrogen) atoms. The van der Waals surface area contributed by atoms with Crippen molar-refractivity contribution in [3.63, 3.8) is 0 Å². The van der Waals surface area contributed by atoms with Crippen LogP contribution in [-0.2, 0) is 4.74 Å². The minimum absolute atomic E-state index is 0.359. The number of thiazole rings is 1. The van der Waals surface area contributed by atoms with Gasteiger partial charge in [-0.2, -0.15) is 0 Å². The first-order valence-electron chi connectivity index (χ1n) is 5.76. The quantitative estimate of drug-likeness (QED) is 0.694. The number of nitrogens with two attached hydrogens (primary N) is 1. The fourth-order valence-electron chi connectivity index (χ4n) is 1.64. The van der Waals surface area contributed by atoms with E-state index in [1.54, 1.807) is 18.4 Å². The van der Waals surface area contributed by atoms with Crippen LogP contribution in [0.3, 0.4) is 0 Å². The van der Waals surface area contributed by atoms with Gasteiger partial charge in [0.25, 0.3) is 0 Å². The maximum Gasteiger partial charge on any atom is 0.183 e. The Kier molecular flexibility index (Phi) is 4.35. The molecular formula is C12H17N3O2S. The Morgan fingerprint density at radius 2 is 2.39 bits per heavy atom. The van der Waals surface area contributed by atoms with Crippen LogP contribution >= 0.6 is 11.3 Å². The first-order valence-corrected chi connectivity index (χ1v) is 6.57. The summed E-state index contributed by atoms with van der Waals surface area (Å²) in [7, 11) is 1.58. The van der Waals surface area contributed by atoms with E-state index in [-0.39, 0.29) is 0 Å². The van der Waals surface area contributed by atoms with Crippen molar-refractivity contribution in [2.45, 2.75) is 12.5 Å². The summed E-state index contributed by atoms with van der Waals surface area (Å²) in [4.78, 5) is 4.44. The van der Waals surface area contributed by atoms with Crippen LogP contribution in [0.1, 0.15) is 6.42 Å². The first kappa shape index (κ1) is 13.1. The molecule has 0 bridgehead atoms. The van der Waals surface area contributed by atoms with E-state index < -0.39 is 6.10 Å². The van der Waals surface area contributed by atoms with Crippen molar-refractivity contribution < 1.29 is 9.84 Å². The van der Waals surface area contributed by atoms with Crippen molar-refractivity contribution in [2.24, 2.45) is 0 Å². The number of hydrogen-bond acceptors (Lipinski definition) is 6. The Hall–Kier alpha value is -1.37. The first-order chi connectivity index (χ1) is 8.69. The molecule has 5 nitrogen and oxygen atoms in total. The number of aliphatic hydroxyl groups excluding tert-OH is 1. The number of aliphatic hydroxyl groups is 1. The second-order valence-corrected chi connectivity index (χ2v) is 5.10. The zero-order valence-electron chi connectivity index (χ0n) is 10.2. The maximum absolute atomic E-state index is 9.50. The van der Waals surface area contributed by atoms with E-state index in [9.17, 15) is 5.11 Å². The minimum Gasteiger partial charge on any atom is -0.399 e. The predicted octanol–water partition coefficient (Wildman–Crippen LogP) is 1.69. The van der Waals surface area contributed by atoms with Crippen molar-refractivity contribution >= 4 is 32.4 Å². The van der Waals surface area contributed by atoms with Crippen molar-refractivity contribution in [2.75, 3.05) is 31.3 Å². The number of nitrogens with zero attached hydrogens (tertiary/aromatic N) is 1. The number of hydrogen-bond donors (Lipinski definition) is 3. The number of aromatic nitrogens is 1. The van der Waals surface area contributed by atoms with Crippen LogP contribution in [0.5, 0.6) is 0 Å². The molecule has 1 heterocycles. The lowest BCUT2D eigenvalue weighted by atomic mass is 10.3. The van der Waals surface area contributed by atoms with Crippen molar-refractivity contribution in [1.29, 1.82) is 0 Å². The largest absolute Gasteiger partial charge is 0.399 e. The van der Waals surface area contributed by atoms with E-state index >= 15 is 0 Å². The third-order valence-electron chi connectivity index (χ3n) is 2.53. The summed E-state index contributed by atoms with van der Waals surface area (Å²) in [6.07, 6.45) is 0.193. The smallest absolute Gasteiger partial charge is 0.183 e. The summed E-state index contributed by atoms with van der Waals surface area (Å²) >= 11 is 1.56. The summed E-state index contributed by atoms with van der Waals surface area (Å²) in [6, 6.07) is 5.66. The molecule has 0 saturated carbocycles. The molecule has 0 aliphatic heterocycles. The average molecular weight is 267 g/mol. The van der Waals surface area contributed by atoms with Crippen LogP contribution < -0.4 is 11.1 Å². The predicted molar refractivity (Wildman–Crippen MR) is 75.0 cm³/mol. The molecule has 0 saturated heterocycles. The van der Waals surface area contributed by atoms with E-state index in [1.165, 1.54) is 0 Å². The van der Waals surface area contributed by atoms with Crippen LogP contribution in [0.25, 0.3) is 10.2 Å². The standard InChI is InChI=1S/C12H17N3O2S/c1-17-7-9(16)4-5-14-12-15-10-3-2-8(13)6-11(10)18-12/h2-3,6,9,16H,4-5,7,13H2,1H3,(H,14,15). The number of anilines is 2. The summed E-state index contributed by atoms with van der Waals surface area (Å²) in [6.45, 7) is 1.03. The third kappa shape index (κ3) is 3.32. The lowest BCUT2D eigenvalue weighted by Crippen LogP contribution is -2.18. The number of ether oxygens (including phenoxy) is 1. The van der Waals surface area contributed by atoms with Gasteiger partial charge in [0.15, 0.2) is 5.13 Å². The van der Waals surface area contributed by atoms with Gasteiger partial charge in [-0.3, -0.25) is 0 Å². The monoisotopic (exact) mass is 267 g/mol. The molecule has 4 N–H and O–H groups in total. The van der Waals surface area contributed by atoms with Gasteiger partial charge in [0.05, 0.1) is 22.9 Å². The highest BCUT2D eigenvalue weighted by Crippen LogP contribution is 2.27. The molecule has 0 aliphatic rings. The molecule has 6 heteroatoms. The van der Waals surface area contributed by atoms with Gasteiger partial charge in [0.1, 0.15) is 0 Å². The SMILES string of the molecule is COCC(O)CCNc1nc2ccc(N)cc2s1. The second-order valence-electron chi connectivity index (χ2n) is 4.07. The lowest BCUT2D eigenvalue weighted by molar-refractivity contribution is 0.0615. The molecule has 2 rings (SSSR count). The molecule has 1 atom stereocenters. The van der Waals surface area contributed by atoms with Gasteiger partial charge < -0.3 is 20.9 Å². The molecule has 2 aromatic rings. The highest BCUT2D eigenvalue weighted by atomic mass is 32.1. The summed E-state index contributed by atoms with van der Waals surface area (Å²) < 4.78 is 5.93. The summed E-state index contributed by atoms with van der Waals surface area (Å²) in [5.74, 6) is 0. The number of fused-ring (bicyclic) bond motifs is 1. The molecule has 0 amide bonds. The van der Waals surface area contributed by atoms with Crippen molar-refractivity contribution in [1.82, 2.24) is 4.98 Å². The van der Waals surface area contributed by atoms with E-state index in [2.05, 4.69) is 10.3 Å². The maximum atomic E-state index is 9.50. The highest BCUT2D eigenvalue weighted by molar-refractivity contribution is 7.22. The Labute approximate surface area is 110 Å². The molecule has 98 valence electrons. The van der Waals surface area contributed by atoms with Gasteiger partial charge in [0, 0.05) is 19.3 Å².